The highest BCUT2D eigenvalue weighted by atomic mass is 35.5. The lowest BCUT2D eigenvalue weighted by Gasteiger charge is -2.39. The SMILES string of the molecule is CCCCc1ccc(CN2C(=O)CN[C@](c3ccccc3)([C@H](Oc3nc(C)cc(C)n3)C(=O)O)c3cc(Cl)ccc32)cc1. The lowest BCUT2D eigenvalue weighted by Crippen LogP contribution is -2.58. The van der Waals surface area contributed by atoms with Crippen LogP contribution >= 0.6 is 11.6 Å². The monoisotopic (exact) mass is 598 g/mol. The summed E-state index contributed by atoms with van der Waals surface area (Å²) in [5.41, 5.74) is 3.56. The number of carboxylic acid groups (broad SMARTS) is 1. The van der Waals surface area contributed by atoms with Crippen LogP contribution in [-0.2, 0) is 28.1 Å². The van der Waals surface area contributed by atoms with Gasteiger partial charge in [-0.05, 0) is 67.6 Å². The number of hydrogen-bond donors (Lipinski definition) is 2. The van der Waals surface area contributed by atoms with Crippen molar-refractivity contribution in [1.29, 1.82) is 0 Å². The van der Waals surface area contributed by atoms with Crippen LogP contribution in [0.5, 0.6) is 6.01 Å². The van der Waals surface area contributed by atoms with Crippen molar-refractivity contribution in [3.63, 3.8) is 0 Å². The molecular weight excluding hydrogens is 564 g/mol. The van der Waals surface area contributed by atoms with Gasteiger partial charge in [0.2, 0.25) is 12.0 Å². The van der Waals surface area contributed by atoms with Crippen LogP contribution in [-0.4, -0.2) is 39.6 Å². The molecule has 9 heteroatoms. The number of rotatable bonds is 10. The average molecular weight is 599 g/mol. The van der Waals surface area contributed by atoms with Crippen molar-refractivity contribution in [1.82, 2.24) is 15.3 Å². The number of nitrogens with zero attached hydrogens (tertiary/aromatic N) is 3. The first-order valence-corrected chi connectivity index (χ1v) is 14.8. The first-order valence-electron chi connectivity index (χ1n) is 14.4. The number of aliphatic carboxylic acids is 1. The molecular formula is C34H35ClN4O4. The highest BCUT2D eigenvalue weighted by molar-refractivity contribution is 6.30. The van der Waals surface area contributed by atoms with Crippen molar-refractivity contribution >= 4 is 29.2 Å². The molecule has 0 saturated carbocycles. The Kier molecular flexibility index (Phi) is 9.08. The fourth-order valence-electron chi connectivity index (χ4n) is 5.67. The predicted molar refractivity (Wildman–Crippen MR) is 166 cm³/mol. The minimum atomic E-state index is -1.57. The van der Waals surface area contributed by atoms with E-state index in [-0.39, 0.29) is 18.5 Å². The molecule has 43 heavy (non-hydrogen) atoms. The van der Waals surface area contributed by atoms with E-state index >= 15 is 0 Å². The number of halogens is 1. The number of aryl methyl sites for hydroxylation is 3. The zero-order chi connectivity index (χ0) is 30.6. The van der Waals surface area contributed by atoms with Crippen molar-refractivity contribution in [2.24, 2.45) is 0 Å². The van der Waals surface area contributed by atoms with Gasteiger partial charge in [0, 0.05) is 27.7 Å². The molecule has 0 spiro atoms. The molecule has 0 radical (unpaired) electrons. The van der Waals surface area contributed by atoms with E-state index in [0.717, 1.165) is 24.8 Å². The number of aromatic nitrogens is 2. The van der Waals surface area contributed by atoms with Crippen molar-refractivity contribution in [2.75, 3.05) is 11.4 Å². The van der Waals surface area contributed by atoms with Crippen molar-refractivity contribution < 1.29 is 19.4 Å². The van der Waals surface area contributed by atoms with E-state index in [2.05, 4.69) is 34.3 Å². The Hall–Kier alpha value is -4.27. The molecule has 2 N–H and O–H groups in total. The number of anilines is 1. The summed E-state index contributed by atoms with van der Waals surface area (Å²) in [4.78, 5) is 37.4. The largest absolute Gasteiger partial charge is 0.478 e. The van der Waals surface area contributed by atoms with E-state index in [1.807, 2.05) is 42.5 Å². The van der Waals surface area contributed by atoms with E-state index in [9.17, 15) is 14.7 Å². The Balaban J connectivity index is 1.66. The molecule has 0 bridgehead atoms. The summed E-state index contributed by atoms with van der Waals surface area (Å²) >= 11 is 6.59. The highest BCUT2D eigenvalue weighted by Gasteiger charge is 2.52. The second kappa shape index (κ2) is 12.9. The maximum atomic E-state index is 13.9. The Bertz CT molecular complexity index is 1590. The number of benzene rings is 3. The van der Waals surface area contributed by atoms with E-state index in [0.29, 0.717) is 39.8 Å². The third kappa shape index (κ3) is 6.40. The average Bonchev–Trinajstić information content (AvgIpc) is 3.10. The molecule has 0 aliphatic carbocycles. The fourth-order valence-corrected chi connectivity index (χ4v) is 5.84. The van der Waals surface area contributed by atoms with Gasteiger partial charge < -0.3 is 14.7 Å². The summed E-state index contributed by atoms with van der Waals surface area (Å²) in [5.74, 6) is -1.48. The first kappa shape index (κ1) is 30.2. The number of carbonyl (C=O) groups is 2. The maximum absolute atomic E-state index is 13.9. The van der Waals surface area contributed by atoms with Crippen LogP contribution in [0.4, 0.5) is 5.69 Å². The molecule has 2 heterocycles. The molecule has 0 unspecified atom stereocenters. The second-order valence-electron chi connectivity index (χ2n) is 10.9. The first-order chi connectivity index (χ1) is 20.7. The molecule has 4 aromatic rings. The number of ether oxygens (including phenoxy) is 1. The molecule has 0 fully saturated rings. The number of carbonyl (C=O) groups excluding carboxylic acids is 1. The van der Waals surface area contributed by atoms with Crippen molar-refractivity contribution in [3.8, 4) is 6.01 Å². The van der Waals surface area contributed by atoms with Crippen LogP contribution in [0.1, 0.15) is 53.4 Å². The molecule has 1 amide bonds. The Morgan fingerprint density at radius 3 is 2.35 bits per heavy atom. The molecule has 5 rings (SSSR count). The molecule has 1 aliphatic rings. The molecule has 3 aromatic carbocycles. The summed E-state index contributed by atoms with van der Waals surface area (Å²) in [6.07, 6.45) is 1.67. The number of carboxylic acids is 1. The van der Waals surface area contributed by atoms with E-state index in [1.54, 1.807) is 43.0 Å². The maximum Gasteiger partial charge on any atom is 0.347 e. The molecule has 0 saturated heterocycles. The minimum absolute atomic E-state index is 0.0684. The normalized spacial score (nSPS) is 17.2. The second-order valence-corrected chi connectivity index (χ2v) is 11.3. The summed E-state index contributed by atoms with van der Waals surface area (Å²) in [5, 5.41) is 14.4. The van der Waals surface area contributed by atoms with Gasteiger partial charge in [-0.25, -0.2) is 14.8 Å². The van der Waals surface area contributed by atoms with Crippen LogP contribution in [0.3, 0.4) is 0 Å². The zero-order valence-electron chi connectivity index (χ0n) is 24.5. The van der Waals surface area contributed by atoms with Gasteiger partial charge in [0.1, 0.15) is 5.54 Å². The topological polar surface area (TPSA) is 105 Å². The number of nitrogens with one attached hydrogen (secondary N) is 1. The fraction of sp³-hybridized carbons (Fsp3) is 0.294. The van der Waals surface area contributed by atoms with Gasteiger partial charge in [-0.3, -0.25) is 10.1 Å². The van der Waals surface area contributed by atoms with Crippen LogP contribution < -0.4 is 15.0 Å². The lowest BCUT2D eigenvalue weighted by molar-refractivity contribution is -0.149. The lowest BCUT2D eigenvalue weighted by atomic mass is 9.77. The number of hydrogen-bond acceptors (Lipinski definition) is 6. The van der Waals surface area contributed by atoms with Gasteiger partial charge in [-0.15, -0.1) is 0 Å². The number of unbranched alkanes of at least 4 members (excludes halogenated alkanes) is 1. The van der Waals surface area contributed by atoms with Gasteiger partial charge in [0.25, 0.3) is 0 Å². The van der Waals surface area contributed by atoms with Crippen molar-refractivity contribution in [2.45, 2.75) is 58.2 Å². The van der Waals surface area contributed by atoms with Gasteiger partial charge in [0.05, 0.1) is 13.1 Å². The van der Waals surface area contributed by atoms with Crippen LogP contribution in [0.2, 0.25) is 5.02 Å². The van der Waals surface area contributed by atoms with E-state index < -0.39 is 17.6 Å². The van der Waals surface area contributed by atoms with Crippen LogP contribution in [0, 0.1) is 13.8 Å². The van der Waals surface area contributed by atoms with Gasteiger partial charge >= 0.3 is 12.0 Å². The molecule has 1 aliphatic heterocycles. The summed E-state index contributed by atoms with van der Waals surface area (Å²) < 4.78 is 6.16. The molecule has 2 atom stereocenters. The predicted octanol–water partition coefficient (Wildman–Crippen LogP) is 6.00. The summed E-state index contributed by atoms with van der Waals surface area (Å²) in [7, 11) is 0. The summed E-state index contributed by atoms with van der Waals surface area (Å²) in [6, 6.07) is 24.3. The Morgan fingerprint density at radius 2 is 1.70 bits per heavy atom. The van der Waals surface area contributed by atoms with Crippen molar-refractivity contribution in [3.05, 3.63) is 118 Å². The quantitative estimate of drug-likeness (QED) is 0.231. The van der Waals surface area contributed by atoms with Gasteiger partial charge in [-0.2, -0.15) is 0 Å². The third-order valence-electron chi connectivity index (χ3n) is 7.71. The standard InChI is InChI=1S/C34H35ClN4O4/c1-4-5-9-24-12-14-25(15-13-24)21-39-29-17-16-27(35)19-28(29)34(36-20-30(39)40,26-10-7-6-8-11-26)31(32(41)42)43-33-37-22(2)18-23(3)38-33/h6-8,10-19,31,36H,4-5,9,20-21H2,1-3H3,(H,41,42)/t31-,34+/m1/s1. The van der Waals surface area contributed by atoms with Gasteiger partial charge in [0.15, 0.2) is 0 Å². The highest BCUT2D eigenvalue weighted by Crippen LogP contribution is 2.43. The van der Waals surface area contributed by atoms with Crippen LogP contribution in [0.15, 0.2) is 78.9 Å². The van der Waals surface area contributed by atoms with E-state index in [4.69, 9.17) is 16.3 Å². The minimum Gasteiger partial charge on any atom is -0.478 e. The number of fused-ring (bicyclic) bond motifs is 1. The van der Waals surface area contributed by atoms with Gasteiger partial charge in [-0.1, -0.05) is 79.5 Å². The van der Waals surface area contributed by atoms with Crippen LogP contribution in [0.25, 0.3) is 0 Å². The Labute approximate surface area is 256 Å². The zero-order valence-corrected chi connectivity index (χ0v) is 25.3. The van der Waals surface area contributed by atoms with E-state index in [1.165, 1.54) is 5.56 Å². The number of amides is 1. The molecule has 1 aromatic heterocycles. The molecule has 8 nitrogen and oxygen atoms in total. The smallest absolute Gasteiger partial charge is 0.347 e. The Morgan fingerprint density at radius 1 is 1.02 bits per heavy atom. The summed E-state index contributed by atoms with van der Waals surface area (Å²) in [6.45, 7) is 5.89. The molecule has 222 valence electrons. The third-order valence-corrected chi connectivity index (χ3v) is 7.94.